The van der Waals surface area contributed by atoms with E-state index in [0.29, 0.717) is 22.8 Å². The zero-order valence-corrected chi connectivity index (χ0v) is 17.5. The first-order valence-electron chi connectivity index (χ1n) is 10.1. The molecule has 0 radical (unpaired) electrons. The van der Waals surface area contributed by atoms with Gasteiger partial charge in [-0.05, 0) is 18.1 Å². The molecule has 3 heterocycles. The van der Waals surface area contributed by atoms with E-state index < -0.39 is 5.41 Å². The molecule has 6 heteroatoms. The molecular weight excluding hydrogens is 364 g/mol. The van der Waals surface area contributed by atoms with Crippen LogP contribution in [0.1, 0.15) is 43.1 Å². The highest BCUT2D eigenvalue weighted by Crippen LogP contribution is 2.27. The number of Topliss-reactive ketones (excluding diaryl/α,β-unsaturated/α-hetero) is 1. The fourth-order valence-corrected chi connectivity index (χ4v) is 3.83. The zero-order chi connectivity index (χ0) is 20.6. The summed E-state index contributed by atoms with van der Waals surface area (Å²) in [5, 5.41) is 0. The predicted octanol–water partition coefficient (Wildman–Crippen LogP) is 4.07. The molecule has 1 aliphatic heterocycles. The quantitative estimate of drug-likeness (QED) is 0.663. The third kappa shape index (κ3) is 4.09. The van der Waals surface area contributed by atoms with Crippen molar-refractivity contribution < 1.29 is 9.53 Å². The van der Waals surface area contributed by atoms with Crippen LogP contribution in [0, 0.1) is 5.41 Å². The number of hydrogen-bond donors (Lipinski definition) is 1. The second kappa shape index (κ2) is 7.69. The topological polar surface area (TPSA) is 71.1 Å². The van der Waals surface area contributed by atoms with Crippen LogP contribution in [-0.2, 0) is 11.3 Å². The maximum absolute atomic E-state index is 12.8. The van der Waals surface area contributed by atoms with E-state index in [2.05, 4.69) is 33.1 Å². The molecule has 1 aromatic carbocycles. The first-order valence-corrected chi connectivity index (χ1v) is 10.1. The Morgan fingerprint density at radius 2 is 2.17 bits per heavy atom. The van der Waals surface area contributed by atoms with E-state index in [9.17, 15) is 4.79 Å². The van der Waals surface area contributed by atoms with Gasteiger partial charge < -0.3 is 9.72 Å². The largest absolute Gasteiger partial charge is 0.380 e. The van der Waals surface area contributed by atoms with Crippen LogP contribution < -0.4 is 0 Å². The lowest BCUT2D eigenvalue weighted by Crippen LogP contribution is -2.22. The number of aromatic amines is 1. The van der Waals surface area contributed by atoms with Gasteiger partial charge in [-0.25, -0.2) is 9.97 Å². The number of hydrogen-bond acceptors (Lipinski definition) is 5. The molecule has 1 atom stereocenters. The highest BCUT2D eigenvalue weighted by molar-refractivity contribution is 6.08. The van der Waals surface area contributed by atoms with E-state index in [4.69, 9.17) is 9.72 Å². The molecule has 1 N–H and O–H groups in total. The summed E-state index contributed by atoms with van der Waals surface area (Å²) in [5.41, 5.74) is 4.42. The van der Waals surface area contributed by atoms with Gasteiger partial charge in [-0.2, -0.15) is 0 Å². The molecule has 1 fully saturated rings. The van der Waals surface area contributed by atoms with E-state index in [-0.39, 0.29) is 5.78 Å². The van der Waals surface area contributed by atoms with Crippen molar-refractivity contribution in [3.63, 3.8) is 0 Å². The number of ketones is 1. The molecular formula is C23H28N4O2. The Kier molecular flexibility index (Phi) is 5.23. The summed E-state index contributed by atoms with van der Waals surface area (Å²) in [6.07, 6.45) is 4.90. The second-order valence-corrected chi connectivity index (χ2v) is 8.82. The third-order valence-electron chi connectivity index (χ3n) is 5.50. The summed E-state index contributed by atoms with van der Waals surface area (Å²) in [4.78, 5) is 27.6. The fourth-order valence-electron chi connectivity index (χ4n) is 3.83. The highest BCUT2D eigenvalue weighted by atomic mass is 16.5. The van der Waals surface area contributed by atoms with Gasteiger partial charge in [0.15, 0.2) is 11.4 Å². The Morgan fingerprint density at radius 3 is 2.90 bits per heavy atom. The van der Waals surface area contributed by atoms with Gasteiger partial charge in [-0.15, -0.1) is 0 Å². The highest BCUT2D eigenvalue weighted by Gasteiger charge is 2.26. The van der Waals surface area contributed by atoms with Crippen LogP contribution in [0.3, 0.4) is 0 Å². The molecule has 152 valence electrons. The number of fused-ring (bicyclic) bond motifs is 1. The maximum Gasteiger partial charge on any atom is 0.171 e. The van der Waals surface area contributed by atoms with Crippen LogP contribution in [0.25, 0.3) is 22.4 Å². The number of H-pyrrole nitrogens is 1. The first kappa shape index (κ1) is 19.7. The fraction of sp³-hybridized carbons (Fsp3) is 0.435. The Morgan fingerprint density at radius 1 is 1.34 bits per heavy atom. The van der Waals surface area contributed by atoms with Crippen LogP contribution in [0.5, 0.6) is 0 Å². The van der Waals surface area contributed by atoms with Crippen molar-refractivity contribution in [3.05, 3.63) is 47.8 Å². The Bertz CT molecular complexity index is 1030. The number of methoxy groups -OCH3 is 1. The van der Waals surface area contributed by atoms with E-state index in [1.165, 1.54) is 5.56 Å². The number of rotatable bonds is 5. The van der Waals surface area contributed by atoms with Gasteiger partial charge in [0.05, 0.1) is 23.6 Å². The van der Waals surface area contributed by atoms with Gasteiger partial charge in [0.1, 0.15) is 5.52 Å². The Hall–Kier alpha value is -2.57. The molecule has 29 heavy (non-hydrogen) atoms. The molecule has 4 rings (SSSR count). The van der Waals surface area contributed by atoms with E-state index in [0.717, 1.165) is 37.3 Å². The van der Waals surface area contributed by atoms with Gasteiger partial charge in [0.2, 0.25) is 0 Å². The van der Waals surface area contributed by atoms with Crippen LogP contribution in [0.15, 0.2) is 36.7 Å². The number of aromatic nitrogens is 3. The minimum Gasteiger partial charge on any atom is -0.380 e. The van der Waals surface area contributed by atoms with Crippen molar-refractivity contribution in [3.8, 4) is 11.3 Å². The van der Waals surface area contributed by atoms with Gasteiger partial charge in [-0.1, -0.05) is 39.0 Å². The number of carbonyl (C=O) groups excluding carboxylic acids is 1. The molecule has 0 aliphatic carbocycles. The third-order valence-corrected chi connectivity index (χ3v) is 5.50. The summed E-state index contributed by atoms with van der Waals surface area (Å²) in [7, 11) is 1.78. The molecule has 1 saturated heterocycles. The molecule has 0 spiro atoms. The van der Waals surface area contributed by atoms with Crippen LogP contribution in [0.2, 0.25) is 0 Å². The monoisotopic (exact) mass is 392 g/mol. The van der Waals surface area contributed by atoms with Gasteiger partial charge in [-0.3, -0.25) is 9.69 Å². The summed E-state index contributed by atoms with van der Waals surface area (Å²) in [5.74, 6) is 0.0608. The average Bonchev–Trinajstić information content (AvgIpc) is 3.33. The smallest absolute Gasteiger partial charge is 0.171 e. The molecule has 1 unspecified atom stereocenters. The van der Waals surface area contributed by atoms with Gasteiger partial charge in [0, 0.05) is 43.9 Å². The lowest BCUT2D eigenvalue weighted by Gasteiger charge is -2.16. The maximum atomic E-state index is 12.8. The minimum absolute atomic E-state index is 0.0608. The SMILES string of the molecule is COC1CCN(Cc2cccc(-c3cnc4[nH]cc(C(=O)C(C)(C)C)c4n3)c2)C1. The second-order valence-electron chi connectivity index (χ2n) is 8.82. The number of ether oxygens (including phenoxy) is 1. The zero-order valence-electron chi connectivity index (χ0n) is 17.5. The molecule has 0 amide bonds. The Labute approximate surface area is 171 Å². The molecule has 6 nitrogen and oxygen atoms in total. The van der Waals surface area contributed by atoms with E-state index in [1.807, 2.05) is 26.8 Å². The predicted molar refractivity (Wildman–Crippen MR) is 114 cm³/mol. The minimum atomic E-state index is -0.470. The van der Waals surface area contributed by atoms with Crippen molar-refractivity contribution in [1.29, 1.82) is 0 Å². The number of nitrogens with one attached hydrogen (secondary N) is 1. The molecule has 3 aromatic rings. The van der Waals surface area contributed by atoms with E-state index in [1.54, 1.807) is 19.5 Å². The van der Waals surface area contributed by atoms with Crippen LogP contribution >= 0.6 is 0 Å². The molecule has 2 aromatic heterocycles. The molecule has 0 bridgehead atoms. The number of nitrogens with zero attached hydrogens (tertiary/aromatic N) is 3. The summed E-state index contributed by atoms with van der Waals surface area (Å²) in [6, 6.07) is 8.40. The van der Waals surface area contributed by atoms with Gasteiger partial charge in [0.25, 0.3) is 0 Å². The van der Waals surface area contributed by atoms with Crippen molar-refractivity contribution in [2.75, 3.05) is 20.2 Å². The first-order chi connectivity index (χ1) is 13.8. The van der Waals surface area contributed by atoms with Crippen molar-refractivity contribution in [2.24, 2.45) is 5.41 Å². The van der Waals surface area contributed by atoms with E-state index >= 15 is 0 Å². The van der Waals surface area contributed by atoms with Crippen molar-refractivity contribution >= 4 is 16.9 Å². The Balaban J connectivity index is 1.62. The molecule has 0 saturated carbocycles. The summed E-state index contributed by atoms with van der Waals surface area (Å²) in [6.45, 7) is 8.66. The van der Waals surface area contributed by atoms with Crippen molar-refractivity contribution in [1.82, 2.24) is 19.9 Å². The number of benzene rings is 1. The average molecular weight is 393 g/mol. The summed E-state index contributed by atoms with van der Waals surface area (Å²) >= 11 is 0. The lowest BCUT2D eigenvalue weighted by molar-refractivity contribution is 0.0860. The number of carbonyl (C=O) groups is 1. The van der Waals surface area contributed by atoms with Crippen molar-refractivity contribution in [2.45, 2.75) is 39.8 Å². The molecule has 1 aliphatic rings. The number of likely N-dealkylation sites (tertiary alicyclic amines) is 1. The standard InChI is InChI=1S/C23H28N4O2/c1-23(2,3)21(28)18-11-24-22-20(18)26-19(12-25-22)16-7-5-6-15(10-16)13-27-9-8-17(14-27)29-4/h5-7,10-12,17H,8-9,13-14H2,1-4H3,(H,24,25). The van der Waals surface area contributed by atoms with Crippen LogP contribution in [0.4, 0.5) is 0 Å². The summed E-state index contributed by atoms with van der Waals surface area (Å²) < 4.78 is 5.47. The van der Waals surface area contributed by atoms with Gasteiger partial charge >= 0.3 is 0 Å². The van der Waals surface area contributed by atoms with Crippen LogP contribution in [-0.4, -0.2) is 51.9 Å². The lowest BCUT2D eigenvalue weighted by atomic mass is 9.87. The normalized spacial score (nSPS) is 17.9.